The molecule has 2 N–H and O–H groups in total. The smallest absolute Gasteiger partial charge is 0.323 e. The zero-order valence-electron chi connectivity index (χ0n) is 12.6. The first kappa shape index (κ1) is 16.9. The maximum absolute atomic E-state index is 11.8. The number of rotatable bonds is 5. The number of hydrogen-bond donors (Lipinski definition) is 1. The molecular weight excluding hydrogens is 276 g/mol. The molecule has 0 aromatic heterocycles. The van der Waals surface area contributed by atoms with Gasteiger partial charge in [-0.05, 0) is 38.8 Å². The third-order valence-corrected chi connectivity index (χ3v) is 2.61. The van der Waals surface area contributed by atoms with E-state index in [2.05, 4.69) is 0 Å². The lowest BCUT2D eigenvalue weighted by Crippen LogP contribution is -2.38. The van der Waals surface area contributed by atoms with Crippen LogP contribution in [0.3, 0.4) is 0 Å². The molecule has 1 unspecified atom stereocenters. The van der Waals surface area contributed by atoms with Crippen LogP contribution in [0.4, 0.5) is 5.69 Å². The molecule has 116 valence electrons. The second-order valence-electron chi connectivity index (χ2n) is 5.61. The van der Waals surface area contributed by atoms with Gasteiger partial charge >= 0.3 is 11.7 Å². The summed E-state index contributed by atoms with van der Waals surface area (Å²) in [5.74, 6) is -0.379. The monoisotopic (exact) mass is 296 g/mol. The van der Waals surface area contributed by atoms with Crippen LogP contribution in [0.15, 0.2) is 18.2 Å². The molecule has 0 heterocycles. The first-order valence-electron chi connectivity index (χ1n) is 6.44. The van der Waals surface area contributed by atoms with Gasteiger partial charge in [0.1, 0.15) is 11.6 Å². The minimum atomic E-state index is -0.878. The largest absolute Gasteiger partial charge is 0.490 e. The van der Waals surface area contributed by atoms with E-state index in [1.165, 1.54) is 19.2 Å². The van der Waals surface area contributed by atoms with Crippen LogP contribution in [0.5, 0.6) is 5.75 Å². The molecule has 1 aromatic carbocycles. The van der Waals surface area contributed by atoms with Crippen molar-refractivity contribution in [3.63, 3.8) is 0 Å². The third kappa shape index (κ3) is 5.03. The number of carbonyl (C=O) groups is 1. The predicted molar refractivity (Wildman–Crippen MR) is 77.2 cm³/mol. The molecule has 0 bridgehead atoms. The number of methoxy groups -OCH3 is 1. The Kier molecular flexibility index (Phi) is 5.26. The van der Waals surface area contributed by atoms with E-state index in [4.69, 9.17) is 15.2 Å². The molecule has 0 saturated heterocycles. The normalized spacial score (nSPS) is 12.6. The minimum Gasteiger partial charge on any atom is -0.490 e. The predicted octanol–water partition coefficient (Wildman–Crippen LogP) is 1.81. The fourth-order valence-electron chi connectivity index (χ4n) is 1.72. The number of hydrogen-bond acceptors (Lipinski definition) is 6. The minimum absolute atomic E-state index is 0.153. The zero-order chi connectivity index (χ0) is 16.2. The van der Waals surface area contributed by atoms with Gasteiger partial charge in [0.15, 0.2) is 5.75 Å². The van der Waals surface area contributed by atoms with Gasteiger partial charge in [-0.1, -0.05) is 6.07 Å². The van der Waals surface area contributed by atoms with Crippen LogP contribution in [0.1, 0.15) is 26.3 Å². The van der Waals surface area contributed by atoms with Crippen LogP contribution in [-0.2, 0) is 16.0 Å². The Morgan fingerprint density at radius 2 is 2.05 bits per heavy atom. The second-order valence-corrected chi connectivity index (χ2v) is 5.61. The van der Waals surface area contributed by atoms with Gasteiger partial charge in [-0.25, -0.2) is 0 Å². The van der Waals surface area contributed by atoms with Crippen LogP contribution < -0.4 is 10.5 Å². The van der Waals surface area contributed by atoms with Gasteiger partial charge in [-0.3, -0.25) is 14.9 Å². The van der Waals surface area contributed by atoms with Gasteiger partial charge in [0.2, 0.25) is 0 Å². The van der Waals surface area contributed by atoms with Gasteiger partial charge in [-0.2, -0.15) is 0 Å². The maximum Gasteiger partial charge on any atom is 0.323 e. The Balaban J connectivity index is 2.86. The lowest BCUT2D eigenvalue weighted by molar-refractivity contribution is -0.385. The van der Waals surface area contributed by atoms with E-state index in [9.17, 15) is 14.9 Å². The van der Waals surface area contributed by atoms with E-state index in [1.54, 1.807) is 26.8 Å². The van der Waals surface area contributed by atoms with Crippen LogP contribution in [0.2, 0.25) is 0 Å². The number of esters is 1. The topological polar surface area (TPSA) is 105 Å². The molecule has 0 fully saturated rings. The Hall–Kier alpha value is -2.15. The van der Waals surface area contributed by atoms with Crippen molar-refractivity contribution in [1.82, 2.24) is 0 Å². The Morgan fingerprint density at radius 3 is 2.52 bits per heavy atom. The van der Waals surface area contributed by atoms with Gasteiger partial charge in [0, 0.05) is 6.07 Å². The summed E-state index contributed by atoms with van der Waals surface area (Å²) in [5.41, 5.74) is 5.56. The average molecular weight is 296 g/mol. The third-order valence-electron chi connectivity index (χ3n) is 2.61. The zero-order valence-corrected chi connectivity index (χ0v) is 12.6. The molecule has 0 aliphatic carbocycles. The molecule has 7 heteroatoms. The van der Waals surface area contributed by atoms with E-state index in [-0.39, 0.29) is 17.9 Å². The summed E-state index contributed by atoms with van der Waals surface area (Å²) in [6, 6.07) is 3.59. The van der Waals surface area contributed by atoms with Crippen LogP contribution >= 0.6 is 0 Å². The van der Waals surface area contributed by atoms with Crippen molar-refractivity contribution in [3.05, 3.63) is 33.9 Å². The van der Waals surface area contributed by atoms with Crippen molar-refractivity contribution in [2.75, 3.05) is 7.11 Å². The molecule has 7 nitrogen and oxygen atoms in total. The highest BCUT2D eigenvalue weighted by atomic mass is 16.6. The fraction of sp³-hybridized carbons (Fsp3) is 0.500. The molecule has 21 heavy (non-hydrogen) atoms. The number of nitro benzene ring substituents is 1. The van der Waals surface area contributed by atoms with Crippen LogP contribution in [0.25, 0.3) is 0 Å². The Labute approximate surface area is 123 Å². The molecule has 1 atom stereocenters. The van der Waals surface area contributed by atoms with Gasteiger partial charge in [0.05, 0.1) is 12.0 Å². The van der Waals surface area contributed by atoms with E-state index < -0.39 is 22.5 Å². The summed E-state index contributed by atoms with van der Waals surface area (Å²) in [7, 11) is 1.36. The van der Waals surface area contributed by atoms with Crippen molar-refractivity contribution >= 4 is 11.7 Å². The van der Waals surface area contributed by atoms with Crippen molar-refractivity contribution in [3.8, 4) is 5.75 Å². The highest BCUT2D eigenvalue weighted by Crippen LogP contribution is 2.28. The summed E-state index contributed by atoms with van der Waals surface area (Å²) in [6.45, 7) is 5.24. The summed E-state index contributed by atoms with van der Waals surface area (Å²) in [5, 5.41) is 10.9. The van der Waals surface area contributed by atoms with Crippen LogP contribution in [-0.4, -0.2) is 29.6 Å². The Bertz CT molecular complexity index is 537. The number of nitrogens with two attached hydrogens (primary N) is 1. The molecule has 0 saturated carbocycles. The maximum atomic E-state index is 11.8. The molecular formula is C14H20N2O5. The molecule has 1 rings (SSSR count). The summed E-state index contributed by atoms with van der Waals surface area (Å²) in [6.07, 6.45) is 0.153. The van der Waals surface area contributed by atoms with E-state index in [0.717, 1.165) is 0 Å². The van der Waals surface area contributed by atoms with Gasteiger partial charge in [-0.15, -0.1) is 0 Å². The lowest BCUT2D eigenvalue weighted by atomic mass is 10.1. The first-order valence-corrected chi connectivity index (χ1v) is 6.44. The van der Waals surface area contributed by atoms with Crippen molar-refractivity contribution in [2.45, 2.75) is 38.8 Å². The summed E-state index contributed by atoms with van der Waals surface area (Å²) in [4.78, 5) is 22.2. The molecule has 1 aromatic rings. The van der Waals surface area contributed by atoms with Crippen molar-refractivity contribution < 1.29 is 19.2 Å². The highest BCUT2D eigenvalue weighted by molar-refractivity contribution is 5.76. The lowest BCUT2D eigenvalue weighted by Gasteiger charge is -2.22. The van der Waals surface area contributed by atoms with E-state index in [1.807, 2.05) is 0 Å². The highest BCUT2D eigenvalue weighted by Gasteiger charge is 2.23. The average Bonchev–Trinajstić information content (AvgIpc) is 2.36. The molecule has 0 amide bonds. The molecule has 0 radical (unpaired) electrons. The first-order chi connectivity index (χ1) is 9.64. The van der Waals surface area contributed by atoms with Crippen molar-refractivity contribution in [1.29, 1.82) is 0 Å². The van der Waals surface area contributed by atoms with Gasteiger partial charge in [0.25, 0.3) is 0 Å². The van der Waals surface area contributed by atoms with E-state index >= 15 is 0 Å². The number of carbonyl (C=O) groups excluding carboxylic acids is 1. The number of nitrogens with zero attached hydrogens (tertiary/aromatic N) is 1. The number of nitro groups is 1. The quantitative estimate of drug-likeness (QED) is 0.505. The number of ether oxygens (including phenoxy) is 2. The summed E-state index contributed by atoms with van der Waals surface area (Å²) >= 11 is 0. The standard InChI is InChI=1S/C14H20N2O5/c1-14(2,3)21-13(17)10(15)7-9-5-6-12(20-4)11(8-9)16(18)19/h5-6,8,10H,7,15H2,1-4H3. The van der Waals surface area contributed by atoms with Gasteiger partial charge < -0.3 is 15.2 Å². The van der Waals surface area contributed by atoms with E-state index in [0.29, 0.717) is 5.56 Å². The fourth-order valence-corrected chi connectivity index (χ4v) is 1.72. The van der Waals surface area contributed by atoms with Crippen molar-refractivity contribution in [2.24, 2.45) is 5.73 Å². The SMILES string of the molecule is COc1ccc(CC(N)C(=O)OC(C)(C)C)cc1[N+](=O)[O-]. The Morgan fingerprint density at radius 1 is 1.43 bits per heavy atom. The second kappa shape index (κ2) is 6.53. The summed E-state index contributed by atoms with van der Waals surface area (Å²) < 4.78 is 10.1. The number of benzene rings is 1. The molecule has 0 aliphatic heterocycles. The molecule has 0 aliphatic rings. The van der Waals surface area contributed by atoms with Crippen LogP contribution in [0, 0.1) is 10.1 Å². The molecule has 0 spiro atoms.